The van der Waals surface area contributed by atoms with Gasteiger partial charge in [0.2, 0.25) is 5.91 Å². The first-order valence-electron chi connectivity index (χ1n) is 9.61. The summed E-state index contributed by atoms with van der Waals surface area (Å²) in [6.45, 7) is 4.98. The molecule has 0 bridgehead atoms. The Morgan fingerprint density at radius 1 is 0.931 bits per heavy atom. The predicted octanol–water partition coefficient (Wildman–Crippen LogP) is 6.23. The minimum absolute atomic E-state index is 0.0186. The molecule has 0 aliphatic heterocycles. The van der Waals surface area contributed by atoms with Crippen molar-refractivity contribution in [2.75, 3.05) is 10.6 Å². The molecule has 0 atom stereocenters. The second kappa shape index (κ2) is 10.1. The molecule has 4 nitrogen and oxygen atoms in total. The minimum atomic E-state index is -0.0362. The van der Waals surface area contributed by atoms with Gasteiger partial charge in [-0.2, -0.15) is 0 Å². The van der Waals surface area contributed by atoms with Crippen LogP contribution in [0.25, 0.3) is 0 Å². The Morgan fingerprint density at radius 3 is 2.28 bits per heavy atom. The van der Waals surface area contributed by atoms with Crippen molar-refractivity contribution in [3.63, 3.8) is 0 Å². The van der Waals surface area contributed by atoms with Crippen LogP contribution in [0, 0.1) is 5.92 Å². The number of benzene rings is 3. The summed E-state index contributed by atoms with van der Waals surface area (Å²) in [6.07, 6.45) is 0. The van der Waals surface area contributed by atoms with E-state index in [1.807, 2.05) is 74.5 Å². The lowest BCUT2D eigenvalue weighted by Crippen LogP contribution is -2.17. The summed E-state index contributed by atoms with van der Waals surface area (Å²) in [4.78, 5) is 11.8. The SMILES string of the molecule is CC(C)C(=O)Nc1ccc(NCc2ccc(OCc3ccccc3)c(Br)c2)cc1. The molecule has 0 aromatic heterocycles. The standard InChI is InChI=1S/C24H25BrN2O2/c1-17(2)24(28)27-21-11-9-20(10-12-21)26-15-19-8-13-23(22(25)14-19)29-16-18-6-4-3-5-7-18/h3-14,17,26H,15-16H2,1-2H3,(H,27,28). The summed E-state index contributed by atoms with van der Waals surface area (Å²) in [6, 6.07) is 23.9. The molecule has 2 N–H and O–H groups in total. The van der Waals surface area contributed by atoms with E-state index in [1.165, 1.54) is 0 Å². The fraction of sp³-hybridized carbons (Fsp3) is 0.208. The normalized spacial score (nSPS) is 10.6. The van der Waals surface area contributed by atoms with E-state index >= 15 is 0 Å². The number of carbonyl (C=O) groups is 1. The largest absolute Gasteiger partial charge is 0.488 e. The van der Waals surface area contributed by atoms with Crippen molar-refractivity contribution >= 4 is 33.2 Å². The Balaban J connectivity index is 1.53. The van der Waals surface area contributed by atoms with E-state index in [9.17, 15) is 4.79 Å². The van der Waals surface area contributed by atoms with Gasteiger partial charge >= 0.3 is 0 Å². The van der Waals surface area contributed by atoms with Gasteiger partial charge in [0, 0.05) is 23.8 Å². The molecule has 0 heterocycles. The van der Waals surface area contributed by atoms with E-state index < -0.39 is 0 Å². The number of anilines is 2. The molecule has 1 amide bonds. The zero-order valence-electron chi connectivity index (χ0n) is 16.6. The van der Waals surface area contributed by atoms with Gasteiger partial charge in [0.25, 0.3) is 0 Å². The molecular formula is C24H25BrN2O2. The number of carbonyl (C=O) groups excluding carboxylic acids is 1. The first kappa shape index (κ1) is 20.9. The van der Waals surface area contributed by atoms with E-state index in [-0.39, 0.29) is 11.8 Å². The first-order valence-corrected chi connectivity index (χ1v) is 10.4. The molecule has 0 fully saturated rings. The molecular weight excluding hydrogens is 428 g/mol. The summed E-state index contributed by atoms with van der Waals surface area (Å²) < 4.78 is 6.83. The number of hydrogen-bond acceptors (Lipinski definition) is 3. The Labute approximate surface area is 180 Å². The third kappa shape index (κ3) is 6.36. The van der Waals surface area contributed by atoms with Crippen LogP contribution in [0.3, 0.4) is 0 Å². The van der Waals surface area contributed by atoms with Gasteiger partial charge in [-0.1, -0.05) is 50.2 Å². The van der Waals surface area contributed by atoms with Gasteiger partial charge in [0.1, 0.15) is 12.4 Å². The summed E-state index contributed by atoms with van der Waals surface area (Å²) in [5, 5.41) is 6.29. The van der Waals surface area contributed by atoms with Crippen molar-refractivity contribution in [3.8, 4) is 5.75 Å². The highest BCUT2D eigenvalue weighted by molar-refractivity contribution is 9.10. The van der Waals surface area contributed by atoms with Crippen molar-refractivity contribution in [2.45, 2.75) is 27.0 Å². The maximum atomic E-state index is 11.8. The van der Waals surface area contributed by atoms with Crippen LogP contribution in [0.2, 0.25) is 0 Å². The van der Waals surface area contributed by atoms with Gasteiger partial charge in [-0.15, -0.1) is 0 Å². The Morgan fingerprint density at radius 2 is 1.62 bits per heavy atom. The quantitative estimate of drug-likeness (QED) is 0.425. The fourth-order valence-electron chi connectivity index (χ4n) is 2.67. The highest BCUT2D eigenvalue weighted by Crippen LogP contribution is 2.27. The molecule has 0 aliphatic carbocycles. The van der Waals surface area contributed by atoms with E-state index in [0.717, 1.165) is 32.7 Å². The average molecular weight is 453 g/mol. The maximum absolute atomic E-state index is 11.8. The smallest absolute Gasteiger partial charge is 0.226 e. The minimum Gasteiger partial charge on any atom is -0.488 e. The molecule has 3 aromatic carbocycles. The predicted molar refractivity (Wildman–Crippen MR) is 122 cm³/mol. The van der Waals surface area contributed by atoms with Crippen LogP contribution >= 0.6 is 15.9 Å². The molecule has 3 rings (SSSR count). The fourth-order valence-corrected chi connectivity index (χ4v) is 3.21. The highest BCUT2D eigenvalue weighted by Gasteiger charge is 2.07. The second-order valence-electron chi connectivity index (χ2n) is 7.11. The van der Waals surface area contributed by atoms with Crippen LogP contribution in [0.15, 0.2) is 77.3 Å². The number of ether oxygens (including phenoxy) is 1. The Bertz CT molecular complexity index is 941. The molecule has 5 heteroatoms. The first-order chi connectivity index (χ1) is 14.0. The van der Waals surface area contributed by atoms with Gasteiger partial charge in [-0.3, -0.25) is 4.79 Å². The van der Waals surface area contributed by atoms with E-state index in [4.69, 9.17) is 4.74 Å². The summed E-state index contributed by atoms with van der Waals surface area (Å²) in [7, 11) is 0. The van der Waals surface area contributed by atoms with Gasteiger partial charge < -0.3 is 15.4 Å². The number of hydrogen-bond donors (Lipinski definition) is 2. The Kier molecular flexibility index (Phi) is 7.30. The number of nitrogens with one attached hydrogen (secondary N) is 2. The van der Waals surface area contributed by atoms with Crippen LogP contribution in [-0.4, -0.2) is 5.91 Å². The third-order valence-electron chi connectivity index (χ3n) is 4.41. The molecule has 150 valence electrons. The van der Waals surface area contributed by atoms with Crippen molar-refractivity contribution in [3.05, 3.63) is 88.4 Å². The molecule has 0 aliphatic rings. The van der Waals surface area contributed by atoms with Crippen LogP contribution in [0.5, 0.6) is 5.75 Å². The van der Waals surface area contributed by atoms with Gasteiger partial charge in [-0.25, -0.2) is 0 Å². The van der Waals surface area contributed by atoms with E-state index in [0.29, 0.717) is 13.2 Å². The number of amides is 1. The topological polar surface area (TPSA) is 50.4 Å². The highest BCUT2D eigenvalue weighted by atomic mass is 79.9. The maximum Gasteiger partial charge on any atom is 0.226 e. The van der Waals surface area contributed by atoms with E-state index in [2.05, 4.69) is 38.7 Å². The third-order valence-corrected chi connectivity index (χ3v) is 5.03. The lowest BCUT2D eigenvalue weighted by Gasteiger charge is -2.12. The van der Waals surface area contributed by atoms with Crippen molar-refractivity contribution in [2.24, 2.45) is 5.92 Å². The van der Waals surface area contributed by atoms with Crippen molar-refractivity contribution in [1.82, 2.24) is 0 Å². The monoisotopic (exact) mass is 452 g/mol. The van der Waals surface area contributed by atoms with Gasteiger partial charge in [0.05, 0.1) is 4.47 Å². The van der Waals surface area contributed by atoms with Gasteiger partial charge in [0.15, 0.2) is 0 Å². The molecule has 0 saturated heterocycles. The number of rotatable bonds is 8. The van der Waals surface area contributed by atoms with Gasteiger partial charge in [-0.05, 0) is 63.5 Å². The van der Waals surface area contributed by atoms with Crippen LogP contribution in [0.1, 0.15) is 25.0 Å². The zero-order chi connectivity index (χ0) is 20.6. The van der Waals surface area contributed by atoms with E-state index in [1.54, 1.807) is 0 Å². The number of halogens is 1. The van der Waals surface area contributed by atoms with Crippen LogP contribution in [0.4, 0.5) is 11.4 Å². The summed E-state index contributed by atoms with van der Waals surface area (Å²) in [5.41, 5.74) is 4.07. The average Bonchev–Trinajstić information content (AvgIpc) is 2.73. The molecule has 0 saturated carbocycles. The Hall–Kier alpha value is -2.79. The molecule has 29 heavy (non-hydrogen) atoms. The summed E-state index contributed by atoms with van der Waals surface area (Å²) in [5.74, 6) is 0.805. The molecule has 0 unspecified atom stereocenters. The van der Waals surface area contributed by atoms with Crippen LogP contribution < -0.4 is 15.4 Å². The molecule has 0 radical (unpaired) electrons. The summed E-state index contributed by atoms with van der Waals surface area (Å²) >= 11 is 3.60. The molecule has 3 aromatic rings. The van der Waals surface area contributed by atoms with Crippen molar-refractivity contribution < 1.29 is 9.53 Å². The zero-order valence-corrected chi connectivity index (χ0v) is 18.2. The lowest BCUT2D eigenvalue weighted by molar-refractivity contribution is -0.118. The van der Waals surface area contributed by atoms with Crippen molar-refractivity contribution in [1.29, 1.82) is 0 Å². The lowest BCUT2D eigenvalue weighted by atomic mass is 10.2. The second-order valence-corrected chi connectivity index (χ2v) is 7.97. The van der Waals surface area contributed by atoms with Crippen LogP contribution in [-0.2, 0) is 17.9 Å². The molecule has 0 spiro atoms.